The first kappa shape index (κ1) is 13.4. The second kappa shape index (κ2) is 5.62. The molecule has 1 amide bonds. The van der Waals surface area contributed by atoms with Gasteiger partial charge in [-0.1, -0.05) is 6.92 Å². The smallest absolute Gasteiger partial charge is 0.421 e. The quantitative estimate of drug-likeness (QED) is 0.894. The summed E-state index contributed by atoms with van der Waals surface area (Å²) in [5, 5.41) is 0. The van der Waals surface area contributed by atoms with Crippen molar-refractivity contribution in [2.45, 2.75) is 18.2 Å². The van der Waals surface area contributed by atoms with Gasteiger partial charge < -0.3 is 4.74 Å². The second-order valence-electron chi connectivity index (χ2n) is 3.20. The summed E-state index contributed by atoms with van der Waals surface area (Å²) >= 11 is 0. The Hall–Kier alpha value is -1.63. The van der Waals surface area contributed by atoms with Gasteiger partial charge in [-0.05, 0) is 30.7 Å². The molecule has 0 saturated carbocycles. The highest BCUT2D eigenvalue weighted by molar-refractivity contribution is 7.90. The number of nitrogens with one attached hydrogen (secondary N) is 1. The van der Waals surface area contributed by atoms with Crippen LogP contribution in [0.3, 0.4) is 0 Å². The molecule has 17 heavy (non-hydrogen) atoms. The van der Waals surface area contributed by atoms with Crippen molar-refractivity contribution in [3.8, 4) is 0 Å². The minimum absolute atomic E-state index is 0.130. The molecule has 0 saturated heterocycles. The van der Waals surface area contributed by atoms with E-state index in [1.807, 2.05) is 0 Å². The van der Waals surface area contributed by atoms with Crippen LogP contribution >= 0.6 is 0 Å². The van der Waals surface area contributed by atoms with Crippen LogP contribution in [0.4, 0.5) is 9.18 Å². The minimum Gasteiger partial charge on any atom is -0.449 e. The van der Waals surface area contributed by atoms with Gasteiger partial charge in [0.25, 0.3) is 10.0 Å². The SMILES string of the molecule is CCCOC(=O)NS(=O)(=O)c1ccc(F)cc1. The van der Waals surface area contributed by atoms with E-state index >= 15 is 0 Å². The van der Waals surface area contributed by atoms with E-state index in [1.165, 1.54) is 0 Å². The van der Waals surface area contributed by atoms with Crippen molar-refractivity contribution in [2.24, 2.45) is 0 Å². The van der Waals surface area contributed by atoms with Crippen molar-refractivity contribution < 1.29 is 22.3 Å². The molecule has 0 radical (unpaired) electrons. The number of halogens is 1. The van der Waals surface area contributed by atoms with Gasteiger partial charge in [0.2, 0.25) is 0 Å². The Kier molecular flexibility index (Phi) is 4.45. The standard InChI is InChI=1S/C10H12FNO4S/c1-2-7-16-10(13)12-17(14,15)9-5-3-8(11)4-6-9/h3-6H,2,7H2,1H3,(H,12,13). The topological polar surface area (TPSA) is 72.5 Å². The third kappa shape index (κ3) is 4.03. The van der Waals surface area contributed by atoms with Crippen molar-refractivity contribution in [1.82, 2.24) is 4.72 Å². The first-order valence-electron chi connectivity index (χ1n) is 4.91. The van der Waals surface area contributed by atoms with Crippen LogP contribution in [0.1, 0.15) is 13.3 Å². The Morgan fingerprint density at radius 2 is 1.94 bits per heavy atom. The van der Waals surface area contributed by atoms with Crippen LogP contribution in [-0.4, -0.2) is 21.1 Å². The number of ether oxygens (including phenoxy) is 1. The number of benzene rings is 1. The highest BCUT2D eigenvalue weighted by atomic mass is 32.2. The molecule has 1 aromatic carbocycles. The van der Waals surface area contributed by atoms with Crippen LogP contribution in [0.5, 0.6) is 0 Å². The molecule has 1 rings (SSSR count). The summed E-state index contributed by atoms with van der Waals surface area (Å²) < 4.78 is 42.0. The molecule has 0 aliphatic carbocycles. The average molecular weight is 261 g/mol. The number of rotatable bonds is 4. The molecule has 0 bridgehead atoms. The van der Waals surface area contributed by atoms with Gasteiger partial charge >= 0.3 is 6.09 Å². The molecule has 0 atom stereocenters. The summed E-state index contributed by atoms with van der Waals surface area (Å²) in [7, 11) is -4.00. The fraction of sp³-hybridized carbons (Fsp3) is 0.300. The molecule has 0 aromatic heterocycles. The molecule has 0 unspecified atom stereocenters. The largest absolute Gasteiger partial charge is 0.449 e. The normalized spacial score (nSPS) is 10.9. The zero-order valence-corrected chi connectivity index (χ0v) is 9.96. The number of sulfonamides is 1. The lowest BCUT2D eigenvalue weighted by Crippen LogP contribution is -2.31. The second-order valence-corrected chi connectivity index (χ2v) is 4.88. The fourth-order valence-corrected chi connectivity index (χ4v) is 1.90. The predicted molar refractivity (Wildman–Crippen MR) is 58.4 cm³/mol. The molecule has 0 heterocycles. The van der Waals surface area contributed by atoms with Crippen molar-refractivity contribution in [3.05, 3.63) is 30.1 Å². The van der Waals surface area contributed by atoms with Gasteiger partial charge in [-0.2, -0.15) is 0 Å². The van der Waals surface area contributed by atoms with Gasteiger partial charge in [-0.3, -0.25) is 0 Å². The Labute approximate surface area is 98.6 Å². The lowest BCUT2D eigenvalue weighted by atomic mass is 10.4. The number of amides is 1. The number of carbonyl (C=O) groups is 1. The van der Waals surface area contributed by atoms with E-state index in [2.05, 4.69) is 4.74 Å². The van der Waals surface area contributed by atoms with Crippen LogP contribution in [0.2, 0.25) is 0 Å². The third-order valence-corrected chi connectivity index (χ3v) is 3.11. The lowest BCUT2D eigenvalue weighted by molar-refractivity contribution is 0.152. The molecule has 1 N–H and O–H groups in total. The summed E-state index contributed by atoms with van der Waals surface area (Å²) in [5.74, 6) is -0.558. The maximum absolute atomic E-state index is 12.6. The average Bonchev–Trinajstić information content (AvgIpc) is 2.26. The molecule has 94 valence electrons. The third-order valence-electron chi connectivity index (χ3n) is 1.78. The Balaban J connectivity index is 2.75. The van der Waals surface area contributed by atoms with Crippen molar-refractivity contribution in [2.75, 3.05) is 6.61 Å². The van der Waals surface area contributed by atoms with E-state index in [0.717, 1.165) is 24.3 Å². The molecule has 1 aromatic rings. The van der Waals surface area contributed by atoms with Crippen molar-refractivity contribution in [1.29, 1.82) is 0 Å². The van der Waals surface area contributed by atoms with Gasteiger partial charge in [0, 0.05) is 0 Å². The van der Waals surface area contributed by atoms with Gasteiger partial charge in [0.05, 0.1) is 11.5 Å². The van der Waals surface area contributed by atoms with Crippen molar-refractivity contribution >= 4 is 16.1 Å². The van der Waals surface area contributed by atoms with Crippen molar-refractivity contribution in [3.63, 3.8) is 0 Å². The monoisotopic (exact) mass is 261 g/mol. The number of hydrogen-bond acceptors (Lipinski definition) is 4. The Morgan fingerprint density at radius 3 is 2.47 bits per heavy atom. The fourth-order valence-electron chi connectivity index (χ4n) is 1.01. The van der Waals surface area contributed by atoms with Crippen LogP contribution in [-0.2, 0) is 14.8 Å². The van der Waals surface area contributed by atoms with E-state index in [4.69, 9.17) is 0 Å². The lowest BCUT2D eigenvalue weighted by Gasteiger charge is -2.07. The first-order valence-corrected chi connectivity index (χ1v) is 6.39. The molecule has 0 fully saturated rings. The van der Waals surface area contributed by atoms with E-state index < -0.39 is 21.9 Å². The maximum Gasteiger partial charge on any atom is 0.421 e. The molecule has 0 aliphatic rings. The molecule has 0 spiro atoms. The summed E-state index contributed by atoms with van der Waals surface area (Å²) in [5.41, 5.74) is 0. The highest BCUT2D eigenvalue weighted by Gasteiger charge is 2.18. The van der Waals surface area contributed by atoms with Crippen LogP contribution in [0.25, 0.3) is 0 Å². The Morgan fingerprint density at radius 1 is 1.35 bits per heavy atom. The van der Waals surface area contributed by atoms with E-state index in [1.54, 1.807) is 11.6 Å². The van der Waals surface area contributed by atoms with Crippen LogP contribution < -0.4 is 4.72 Å². The summed E-state index contributed by atoms with van der Waals surface area (Å²) in [6.07, 6.45) is -0.458. The first-order chi connectivity index (χ1) is 7.95. The Bertz CT molecular complexity index is 484. The molecule has 7 heteroatoms. The maximum atomic E-state index is 12.6. The van der Waals surface area contributed by atoms with E-state index in [9.17, 15) is 17.6 Å². The number of carbonyl (C=O) groups excluding carboxylic acids is 1. The zero-order chi connectivity index (χ0) is 12.9. The molecular formula is C10H12FNO4S. The van der Waals surface area contributed by atoms with E-state index in [-0.39, 0.29) is 11.5 Å². The molecular weight excluding hydrogens is 249 g/mol. The van der Waals surface area contributed by atoms with Crippen LogP contribution in [0, 0.1) is 5.82 Å². The van der Waals surface area contributed by atoms with Gasteiger partial charge in [0.15, 0.2) is 0 Å². The number of hydrogen-bond donors (Lipinski definition) is 1. The van der Waals surface area contributed by atoms with Gasteiger partial charge in [0.1, 0.15) is 5.82 Å². The van der Waals surface area contributed by atoms with E-state index in [0.29, 0.717) is 6.42 Å². The minimum atomic E-state index is -4.00. The van der Waals surface area contributed by atoms with Crippen LogP contribution in [0.15, 0.2) is 29.2 Å². The summed E-state index contributed by atoms with van der Waals surface area (Å²) in [4.78, 5) is 10.9. The van der Waals surface area contributed by atoms with Gasteiger partial charge in [-0.15, -0.1) is 0 Å². The molecule has 0 aliphatic heterocycles. The molecule has 5 nitrogen and oxygen atoms in total. The van der Waals surface area contributed by atoms with Gasteiger partial charge in [-0.25, -0.2) is 22.3 Å². The predicted octanol–water partition coefficient (Wildman–Crippen LogP) is 1.65. The summed E-state index contributed by atoms with van der Waals surface area (Å²) in [6.45, 7) is 1.91. The zero-order valence-electron chi connectivity index (χ0n) is 9.14. The highest BCUT2D eigenvalue weighted by Crippen LogP contribution is 2.09. The summed E-state index contributed by atoms with van der Waals surface area (Å²) in [6, 6.07) is 4.10.